The smallest absolute Gasteiger partial charge is 0.280 e. The van der Waals surface area contributed by atoms with Crippen LogP contribution in [0.4, 0.5) is 21.7 Å². The zero-order chi connectivity index (χ0) is 23.4. The Morgan fingerprint density at radius 2 is 2.09 bits per heavy atom. The number of hydrogen-bond acceptors (Lipinski definition) is 7. The van der Waals surface area contributed by atoms with Crippen molar-refractivity contribution in [3.63, 3.8) is 0 Å². The highest BCUT2D eigenvalue weighted by atomic mass is 19.1. The number of ketones is 1. The van der Waals surface area contributed by atoms with Crippen molar-refractivity contribution in [2.45, 2.75) is 37.9 Å². The second kappa shape index (κ2) is 7.79. The fraction of sp³-hybridized carbons (Fsp3) is 0.348. The van der Waals surface area contributed by atoms with Gasteiger partial charge in [-0.15, -0.1) is 0 Å². The normalized spacial score (nSPS) is 19.4. The predicted molar refractivity (Wildman–Crippen MR) is 124 cm³/mol. The summed E-state index contributed by atoms with van der Waals surface area (Å²) in [4.78, 5) is 30.5. The molecule has 0 radical (unpaired) electrons. The van der Waals surface area contributed by atoms with Crippen LogP contribution in [0.1, 0.15) is 42.1 Å². The number of fused-ring (bicyclic) bond motifs is 1. The highest BCUT2D eigenvalue weighted by molar-refractivity contribution is 6.02. The van der Waals surface area contributed by atoms with Crippen LogP contribution in [-0.2, 0) is 0 Å². The monoisotopic (exact) mass is 462 g/mol. The van der Waals surface area contributed by atoms with Gasteiger partial charge in [0, 0.05) is 43.9 Å². The number of pyridine rings is 1. The van der Waals surface area contributed by atoms with Crippen LogP contribution in [0.15, 0.2) is 47.7 Å². The van der Waals surface area contributed by atoms with Gasteiger partial charge in [0.05, 0.1) is 17.8 Å². The Morgan fingerprint density at radius 3 is 2.82 bits per heavy atom. The summed E-state index contributed by atoms with van der Waals surface area (Å²) in [6, 6.07) is 7.36. The van der Waals surface area contributed by atoms with Gasteiger partial charge in [0.15, 0.2) is 17.2 Å². The summed E-state index contributed by atoms with van der Waals surface area (Å²) in [6.07, 6.45) is 6.88. The summed E-state index contributed by atoms with van der Waals surface area (Å²) < 4.78 is 18.2. The number of halogens is 1. The molecule has 2 saturated carbocycles. The molecular weight excluding hydrogens is 439 g/mol. The number of rotatable bonds is 8. The molecule has 34 heavy (non-hydrogen) atoms. The quantitative estimate of drug-likeness (QED) is 0.387. The van der Waals surface area contributed by atoms with Crippen LogP contribution < -0.4 is 16.2 Å². The van der Waals surface area contributed by atoms with E-state index in [1.165, 1.54) is 15.3 Å². The molecule has 0 saturated heterocycles. The van der Waals surface area contributed by atoms with E-state index >= 15 is 0 Å². The number of aromatic nitrogens is 6. The lowest BCUT2D eigenvalue weighted by Crippen LogP contribution is -2.21. The summed E-state index contributed by atoms with van der Waals surface area (Å²) in [5, 5.41) is 14.9. The zero-order valence-corrected chi connectivity index (χ0v) is 18.5. The standard InChI is InChI=1S/C23H23FN8O2/c1-25-21-11-19(28-22-15(12-26-32(21)22)18(33)10-13-9-16(13)24)27-17-3-2-7-30(23(17)34)20-6-8-31(29-20)14-4-5-14/h2-3,6-8,11-14,16,25H,4-5,9-10H2,1H3,(H,27,28)/t13-,16-/m0/s1. The third-order valence-corrected chi connectivity index (χ3v) is 6.28. The van der Waals surface area contributed by atoms with Gasteiger partial charge in [0.2, 0.25) is 0 Å². The fourth-order valence-electron chi connectivity index (χ4n) is 4.08. The number of nitrogens with zero attached hydrogens (tertiary/aromatic N) is 6. The molecule has 0 aliphatic heterocycles. The van der Waals surface area contributed by atoms with E-state index in [0.29, 0.717) is 46.8 Å². The van der Waals surface area contributed by atoms with Crippen molar-refractivity contribution in [2.24, 2.45) is 5.92 Å². The molecule has 0 amide bonds. The summed E-state index contributed by atoms with van der Waals surface area (Å²) in [6.45, 7) is 0. The van der Waals surface area contributed by atoms with E-state index in [2.05, 4.69) is 25.8 Å². The van der Waals surface area contributed by atoms with Crippen molar-refractivity contribution in [2.75, 3.05) is 17.7 Å². The van der Waals surface area contributed by atoms with Crippen LogP contribution in [-0.4, -0.2) is 47.9 Å². The molecule has 10 nitrogen and oxygen atoms in total. The molecule has 4 aromatic heterocycles. The third kappa shape index (κ3) is 3.62. The van der Waals surface area contributed by atoms with Crippen molar-refractivity contribution in [1.82, 2.24) is 28.9 Å². The Balaban J connectivity index is 1.33. The largest absolute Gasteiger partial charge is 0.373 e. The molecular formula is C23H23FN8O2. The third-order valence-electron chi connectivity index (χ3n) is 6.28. The van der Waals surface area contributed by atoms with Gasteiger partial charge in [-0.3, -0.25) is 18.8 Å². The number of carbonyl (C=O) groups excluding carboxylic acids is 1. The average Bonchev–Trinajstić information content (AvgIpc) is 3.69. The minimum Gasteiger partial charge on any atom is -0.373 e. The summed E-state index contributed by atoms with van der Waals surface area (Å²) in [5.41, 5.74) is 0.710. The topological polar surface area (TPSA) is 111 Å². The molecule has 11 heteroatoms. The SMILES string of the molecule is CNc1cc(Nc2cccn(-c3ccn(C4CC4)n3)c2=O)nc2c(C(=O)C[C@@H]3C[C@@H]3F)cnn12. The predicted octanol–water partition coefficient (Wildman–Crippen LogP) is 3.13. The number of nitrogens with one attached hydrogen (secondary N) is 2. The maximum Gasteiger partial charge on any atom is 0.280 e. The molecule has 0 unspecified atom stereocenters. The minimum absolute atomic E-state index is 0.133. The maximum atomic E-state index is 13.3. The van der Waals surface area contributed by atoms with Crippen LogP contribution in [0.3, 0.4) is 0 Å². The minimum atomic E-state index is -0.903. The molecule has 2 aliphatic carbocycles. The lowest BCUT2D eigenvalue weighted by Gasteiger charge is -2.11. The van der Waals surface area contributed by atoms with Gasteiger partial charge in [-0.2, -0.15) is 14.7 Å². The van der Waals surface area contributed by atoms with Gasteiger partial charge in [-0.05, 0) is 31.4 Å². The van der Waals surface area contributed by atoms with E-state index in [1.54, 1.807) is 31.4 Å². The molecule has 6 rings (SSSR count). The second-order valence-corrected chi connectivity index (χ2v) is 8.82. The van der Waals surface area contributed by atoms with Gasteiger partial charge in [0.1, 0.15) is 23.5 Å². The molecule has 2 aliphatic rings. The Labute approximate surface area is 193 Å². The fourth-order valence-corrected chi connectivity index (χ4v) is 4.08. The number of hydrogen-bond donors (Lipinski definition) is 2. The summed E-state index contributed by atoms with van der Waals surface area (Å²) in [7, 11) is 1.73. The van der Waals surface area contributed by atoms with Gasteiger partial charge < -0.3 is 10.6 Å². The van der Waals surface area contributed by atoms with Crippen LogP contribution in [0.2, 0.25) is 0 Å². The molecule has 0 aromatic carbocycles. The Morgan fingerprint density at radius 1 is 1.26 bits per heavy atom. The number of anilines is 3. The van der Waals surface area contributed by atoms with Crippen LogP contribution >= 0.6 is 0 Å². The molecule has 2 atom stereocenters. The molecule has 174 valence electrons. The summed E-state index contributed by atoms with van der Waals surface area (Å²) >= 11 is 0. The summed E-state index contributed by atoms with van der Waals surface area (Å²) in [5.74, 6) is 1.09. The van der Waals surface area contributed by atoms with E-state index in [9.17, 15) is 14.0 Å². The van der Waals surface area contributed by atoms with E-state index < -0.39 is 6.17 Å². The van der Waals surface area contributed by atoms with Crippen molar-refractivity contribution >= 4 is 28.8 Å². The number of Topliss-reactive ketones (excluding diaryl/α,β-unsaturated/α-hetero) is 1. The second-order valence-electron chi connectivity index (χ2n) is 8.82. The van der Waals surface area contributed by atoms with Crippen molar-refractivity contribution < 1.29 is 9.18 Å². The highest BCUT2D eigenvalue weighted by Crippen LogP contribution is 2.38. The number of carbonyl (C=O) groups is 1. The highest BCUT2D eigenvalue weighted by Gasteiger charge is 2.39. The molecule has 4 aromatic rings. The van der Waals surface area contributed by atoms with Crippen LogP contribution in [0.25, 0.3) is 11.5 Å². The van der Waals surface area contributed by atoms with Gasteiger partial charge >= 0.3 is 0 Å². The Kier molecular flexibility index (Phi) is 4.71. The van der Waals surface area contributed by atoms with E-state index in [0.717, 1.165) is 12.8 Å². The van der Waals surface area contributed by atoms with Gasteiger partial charge in [0.25, 0.3) is 5.56 Å². The zero-order valence-electron chi connectivity index (χ0n) is 18.5. The molecule has 2 fully saturated rings. The van der Waals surface area contributed by atoms with Crippen LogP contribution in [0, 0.1) is 5.92 Å². The van der Waals surface area contributed by atoms with Crippen molar-refractivity contribution in [3.05, 3.63) is 58.8 Å². The van der Waals surface area contributed by atoms with E-state index in [1.807, 2.05) is 16.9 Å². The van der Waals surface area contributed by atoms with Gasteiger partial charge in [-0.1, -0.05) is 0 Å². The molecule has 0 bridgehead atoms. The molecule has 4 heterocycles. The number of alkyl halides is 1. The van der Waals surface area contributed by atoms with Crippen molar-refractivity contribution in [1.29, 1.82) is 0 Å². The first-order valence-electron chi connectivity index (χ1n) is 11.3. The first-order valence-corrected chi connectivity index (χ1v) is 11.3. The van der Waals surface area contributed by atoms with E-state index in [-0.39, 0.29) is 23.7 Å². The van der Waals surface area contributed by atoms with Gasteiger partial charge in [-0.25, -0.2) is 9.37 Å². The Hall–Kier alpha value is -4.02. The Bertz CT molecular complexity index is 1470. The molecule has 2 N–H and O–H groups in total. The lowest BCUT2D eigenvalue weighted by atomic mass is 10.1. The first kappa shape index (κ1) is 20.6. The lowest BCUT2D eigenvalue weighted by molar-refractivity contribution is 0.0974. The van der Waals surface area contributed by atoms with Crippen LogP contribution in [0.5, 0.6) is 0 Å². The van der Waals surface area contributed by atoms with E-state index in [4.69, 9.17) is 0 Å². The maximum absolute atomic E-state index is 13.3. The molecule has 0 spiro atoms. The first-order chi connectivity index (χ1) is 16.5. The van der Waals surface area contributed by atoms with Crippen molar-refractivity contribution in [3.8, 4) is 5.82 Å². The average molecular weight is 462 g/mol.